The predicted molar refractivity (Wildman–Crippen MR) is 70.4 cm³/mol. The third-order valence-corrected chi connectivity index (χ3v) is 2.71. The van der Waals surface area contributed by atoms with Crippen molar-refractivity contribution in [2.45, 2.75) is 32.4 Å². The summed E-state index contributed by atoms with van der Waals surface area (Å²) < 4.78 is 0. The highest BCUT2D eigenvalue weighted by Crippen LogP contribution is 2.07. The van der Waals surface area contributed by atoms with Gasteiger partial charge in [0.2, 0.25) is 5.91 Å². The van der Waals surface area contributed by atoms with Crippen molar-refractivity contribution in [1.82, 2.24) is 4.90 Å². The zero-order valence-corrected chi connectivity index (χ0v) is 10.7. The van der Waals surface area contributed by atoms with Crippen LogP contribution in [0.4, 0.5) is 0 Å². The summed E-state index contributed by atoms with van der Waals surface area (Å²) in [5.41, 5.74) is 6.82. The van der Waals surface area contributed by atoms with E-state index >= 15 is 0 Å². The first kappa shape index (κ1) is 14.2. The topological polar surface area (TPSA) is 70.1 Å². The molecule has 0 saturated carbocycles. The fraction of sp³-hybridized carbons (Fsp3) is 0.429. The molecule has 2 N–H and O–H groups in total. The summed E-state index contributed by atoms with van der Waals surface area (Å²) >= 11 is 0. The zero-order valence-electron chi connectivity index (χ0n) is 10.7. The Labute approximate surface area is 108 Å². The van der Waals surface area contributed by atoms with Crippen LogP contribution in [0.3, 0.4) is 0 Å². The Balaban J connectivity index is 2.71. The molecule has 4 nitrogen and oxygen atoms in total. The fourth-order valence-electron chi connectivity index (χ4n) is 1.77. The van der Waals surface area contributed by atoms with E-state index in [2.05, 4.69) is 0 Å². The van der Waals surface area contributed by atoms with Crippen molar-refractivity contribution < 1.29 is 4.79 Å². The Hall–Kier alpha value is -1.86. The van der Waals surface area contributed by atoms with Crippen LogP contribution in [0, 0.1) is 11.3 Å². The van der Waals surface area contributed by atoms with Crippen LogP contribution in [0.25, 0.3) is 0 Å². The van der Waals surface area contributed by atoms with Crippen LogP contribution in [0.15, 0.2) is 30.3 Å². The minimum absolute atomic E-state index is 0.0745. The number of benzene rings is 1. The number of rotatable bonds is 6. The predicted octanol–water partition coefficient (Wildman–Crippen LogP) is 1.67. The number of nitrogens with two attached hydrogens (primary N) is 1. The van der Waals surface area contributed by atoms with E-state index < -0.39 is 6.04 Å². The van der Waals surface area contributed by atoms with Gasteiger partial charge in [0.25, 0.3) is 0 Å². The van der Waals surface area contributed by atoms with Crippen molar-refractivity contribution in [3.8, 4) is 6.07 Å². The highest BCUT2D eigenvalue weighted by molar-refractivity contribution is 5.81. The maximum Gasteiger partial charge on any atom is 0.240 e. The molecule has 0 heterocycles. The molecule has 0 radical (unpaired) electrons. The van der Waals surface area contributed by atoms with Gasteiger partial charge < -0.3 is 10.6 Å². The quantitative estimate of drug-likeness (QED) is 0.775. The van der Waals surface area contributed by atoms with Crippen LogP contribution in [0.1, 0.15) is 25.3 Å². The Morgan fingerprint density at radius 3 is 2.67 bits per heavy atom. The van der Waals surface area contributed by atoms with Gasteiger partial charge in [-0.3, -0.25) is 4.79 Å². The molecule has 0 aliphatic rings. The largest absolute Gasteiger partial charge is 0.324 e. The first-order chi connectivity index (χ1) is 8.69. The van der Waals surface area contributed by atoms with Gasteiger partial charge in [-0.15, -0.1) is 0 Å². The number of carbonyl (C=O) groups is 1. The van der Waals surface area contributed by atoms with Gasteiger partial charge in [0.05, 0.1) is 12.1 Å². The molecule has 96 valence electrons. The molecule has 0 spiro atoms. The molecule has 0 unspecified atom stereocenters. The molecule has 0 fully saturated rings. The molecule has 0 aliphatic carbocycles. The molecule has 1 atom stereocenters. The first-order valence-electron chi connectivity index (χ1n) is 6.14. The van der Waals surface area contributed by atoms with Crippen molar-refractivity contribution in [2.75, 3.05) is 6.54 Å². The van der Waals surface area contributed by atoms with Gasteiger partial charge in [0.1, 0.15) is 6.54 Å². The second-order valence-electron chi connectivity index (χ2n) is 4.23. The van der Waals surface area contributed by atoms with Gasteiger partial charge in [0, 0.05) is 6.54 Å². The average molecular weight is 245 g/mol. The first-order valence-corrected chi connectivity index (χ1v) is 6.14. The molecule has 1 aromatic carbocycles. The van der Waals surface area contributed by atoms with Gasteiger partial charge >= 0.3 is 0 Å². The second-order valence-corrected chi connectivity index (χ2v) is 4.23. The lowest BCUT2D eigenvalue weighted by molar-refractivity contribution is -0.132. The Bertz CT molecular complexity index is 411. The molecule has 18 heavy (non-hydrogen) atoms. The number of amides is 1. The lowest BCUT2D eigenvalue weighted by atomic mass is 10.1. The normalized spacial score (nSPS) is 11.6. The van der Waals surface area contributed by atoms with Gasteiger partial charge in [-0.2, -0.15) is 5.26 Å². The lowest BCUT2D eigenvalue weighted by Crippen LogP contribution is -2.43. The Kier molecular flexibility index (Phi) is 5.89. The molecule has 1 aromatic rings. The molecule has 0 aromatic heterocycles. The average Bonchev–Trinajstić information content (AvgIpc) is 2.39. The van der Waals surface area contributed by atoms with E-state index in [1.165, 1.54) is 4.90 Å². The summed E-state index contributed by atoms with van der Waals surface area (Å²) in [5, 5.41) is 8.79. The zero-order chi connectivity index (χ0) is 13.4. The van der Waals surface area contributed by atoms with Crippen molar-refractivity contribution in [1.29, 1.82) is 5.26 Å². The molecule has 4 heteroatoms. The Morgan fingerprint density at radius 1 is 1.44 bits per heavy atom. The Morgan fingerprint density at radius 2 is 2.11 bits per heavy atom. The van der Waals surface area contributed by atoms with E-state index in [1.807, 2.05) is 43.3 Å². The monoisotopic (exact) mass is 245 g/mol. The summed E-state index contributed by atoms with van der Waals surface area (Å²) in [7, 11) is 0. The summed E-state index contributed by atoms with van der Waals surface area (Å²) in [6, 6.07) is 11.1. The van der Waals surface area contributed by atoms with Gasteiger partial charge in [-0.05, 0) is 12.0 Å². The standard InChI is InChI=1S/C14H19N3O/c1-2-6-13(16)14(18)17(10-9-15)11-12-7-4-3-5-8-12/h3-5,7-8,13H,2,6,10-11,16H2,1H3/t13-/m0/s1. The van der Waals surface area contributed by atoms with E-state index in [-0.39, 0.29) is 12.5 Å². The SMILES string of the molecule is CCC[C@H](N)C(=O)N(CC#N)Cc1ccccc1. The van der Waals surface area contributed by atoms with Crippen molar-refractivity contribution in [3.05, 3.63) is 35.9 Å². The van der Waals surface area contributed by atoms with Crippen LogP contribution in [-0.4, -0.2) is 23.4 Å². The van der Waals surface area contributed by atoms with E-state index in [4.69, 9.17) is 11.0 Å². The fourth-order valence-corrected chi connectivity index (χ4v) is 1.77. The van der Waals surface area contributed by atoms with Crippen molar-refractivity contribution in [2.24, 2.45) is 5.73 Å². The summed E-state index contributed by atoms with van der Waals surface area (Å²) in [6.45, 7) is 2.49. The second kappa shape index (κ2) is 7.46. The third-order valence-electron chi connectivity index (χ3n) is 2.71. The smallest absolute Gasteiger partial charge is 0.240 e. The van der Waals surface area contributed by atoms with E-state index in [0.29, 0.717) is 13.0 Å². The maximum atomic E-state index is 12.1. The number of nitriles is 1. The summed E-state index contributed by atoms with van der Waals surface area (Å²) in [4.78, 5) is 13.6. The highest BCUT2D eigenvalue weighted by Gasteiger charge is 2.20. The molecular weight excluding hydrogens is 226 g/mol. The van der Waals surface area contributed by atoms with Gasteiger partial charge in [-0.25, -0.2) is 0 Å². The van der Waals surface area contributed by atoms with Crippen LogP contribution < -0.4 is 5.73 Å². The maximum absolute atomic E-state index is 12.1. The van der Waals surface area contributed by atoms with Gasteiger partial charge in [-0.1, -0.05) is 43.7 Å². The molecule has 1 amide bonds. The number of hydrogen-bond acceptors (Lipinski definition) is 3. The minimum Gasteiger partial charge on any atom is -0.324 e. The number of carbonyl (C=O) groups excluding carboxylic acids is 1. The van der Waals surface area contributed by atoms with Crippen LogP contribution in [0.2, 0.25) is 0 Å². The van der Waals surface area contributed by atoms with Crippen molar-refractivity contribution >= 4 is 5.91 Å². The molecule has 1 rings (SSSR count). The van der Waals surface area contributed by atoms with E-state index in [0.717, 1.165) is 12.0 Å². The lowest BCUT2D eigenvalue weighted by Gasteiger charge is -2.23. The number of nitrogens with zero attached hydrogens (tertiary/aromatic N) is 2. The molecule has 0 bridgehead atoms. The molecule has 0 saturated heterocycles. The number of hydrogen-bond donors (Lipinski definition) is 1. The molecule has 0 aliphatic heterocycles. The summed E-state index contributed by atoms with van der Waals surface area (Å²) in [5.74, 6) is -0.151. The minimum atomic E-state index is -0.507. The van der Waals surface area contributed by atoms with Crippen LogP contribution >= 0.6 is 0 Å². The van der Waals surface area contributed by atoms with E-state index in [1.54, 1.807) is 0 Å². The van der Waals surface area contributed by atoms with Crippen LogP contribution in [0.5, 0.6) is 0 Å². The van der Waals surface area contributed by atoms with Crippen LogP contribution in [-0.2, 0) is 11.3 Å². The summed E-state index contributed by atoms with van der Waals surface area (Å²) in [6.07, 6.45) is 1.51. The third kappa shape index (κ3) is 4.19. The molecular formula is C14H19N3O. The van der Waals surface area contributed by atoms with Crippen molar-refractivity contribution in [3.63, 3.8) is 0 Å². The van der Waals surface area contributed by atoms with E-state index in [9.17, 15) is 4.79 Å². The van der Waals surface area contributed by atoms with Gasteiger partial charge in [0.15, 0.2) is 0 Å². The highest BCUT2D eigenvalue weighted by atomic mass is 16.2.